The maximum atomic E-state index is 13.8. The molecule has 0 bridgehead atoms. The van der Waals surface area contributed by atoms with Crippen molar-refractivity contribution in [2.24, 2.45) is 0 Å². The fourth-order valence-electron chi connectivity index (χ4n) is 2.16. The van der Waals surface area contributed by atoms with E-state index in [0.717, 1.165) is 12.6 Å². The Kier molecular flexibility index (Phi) is 3.70. The lowest BCUT2D eigenvalue weighted by Crippen LogP contribution is -2.37. The van der Waals surface area contributed by atoms with Crippen LogP contribution in [0.5, 0.6) is 0 Å². The number of amides is 1. The van der Waals surface area contributed by atoms with Gasteiger partial charge in [-0.2, -0.15) is 0 Å². The smallest absolute Gasteiger partial charge is 0.414 e. The van der Waals surface area contributed by atoms with Gasteiger partial charge >= 0.3 is 6.09 Å². The van der Waals surface area contributed by atoms with Crippen LogP contribution in [-0.2, 0) is 4.74 Å². The van der Waals surface area contributed by atoms with Gasteiger partial charge in [0.2, 0.25) is 5.28 Å². The van der Waals surface area contributed by atoms with E-state index < -0.39 is 11.9 Å². The van der Waals surface area contributed by atoms with E-state index >= 15 is 0 Å². The molecule has 1 aromatic carbocycles. The quantitative estimate of drug-likeness (QED) is 0.799. The Morgan fingerprint density at radius 1 is 1.38 bits per heavy atom. The SMILES string of the molecule is O=C1OCCCN1c1cccc(-c2nc(Cl)ncc2F)c1. The second kappa shape index (κ2) is 5.65. The molecule has 1 amide bonds. The summed E-state index contributed by atoms with van der Waals surface area (Å²) in [5, 5.41) is -0.0332. The predicted octanol–water partition coefficient (Wildman–Crippen LogP) is 3.28. The molecule has 1 aliphatic heterocycles. The summed E-state index contributed by atoms with van der Waals surface area (Å²) in [6.07, 6.45) is 1.37. The number of hydrogen-bond donors (Lipinski definition) is 0. The molecule has 2 heterocycles. The summed E-state index contributed by atoms with van der Waals surface area (Å²) in [5.41, 5.74) is 1.25. The summed E-state index contributed by atoms with van der Waals surface area (Å²) >= 11 is 5.70. The number of rotatable bonds is 2. The molecule has 5 nitrogen and oxygen atoms in total. The van der Waals surface area contributed by atoms with Gasteiger partial charge in [-0.3, -0.25) is 4.90 Å². The molecule has 0 spiro atoms. The number of aromatic nitrogens is 2. The number of ether oxygens (including phenoxy) is 1. The number of carbonyl (C=O) groups is 1. The van der Waals surface area contributed by atoms with Gasteiger partial charge in [-0.25, -0.2) is 19.2 Å². The third kappa shape index (κ3) is 2.80. The van der Waals surface area contributed by atoms with Gasteiger partial charge in [-0.1, -0.05) is 12.1 Å². The molecule has 7 heteroatoms. The van der Waals surface area contributed by atoms with Crippen molar-refractivity contribution >= 4 is 23.4 Å². The van der Waals surface area contributed by atoms with Crippen LogP contribution in [0.15, 0.2) is 30.5 Å². The van der Waals surface area contributed by atoms with Gasteiger partial charge < -0.3 is 4.74 Å². The Labute approximate surface area is 125 Å². The summed E-state index contributed by atoms with van der Waals surface area (Å²) in [5.74, 6) is -0.572. The lowest BCUT2D eigenvalue weighted by Gasteiger charge is -2.26. The van der Waals surface area contributed by atoms with E-state index in [9.17, 15) is 9.18 Å². The van der Waals surface area contributed by atoms with Gasteiger partial charge in [0.1, 0.15) is 5.69 Å². The summed E-state index contributed by atoms with van der Waals surface area (Å²) < 4.78 is 18.8. The van der Waals surface area contributed by atoms with E-state index in [0.29, 0.717) is 24.4 Å². The Morgan fingerprint density at radius 3 is 3.05 bits per heavy atom. The Morgan fingerprint density at radius 2 is 2.24 bits per heavy atom. The average Bonchev–Trinajstić information content (AvgIpc) is 2.50. The maximum Gasteiger partial charge on any atom is 0.414 e. The molecule has 0 saturated carbocycles. The highest BCUT2D eigenvalue weighted by Crippen LogP contribution is 2.27. The van der Waals surface area contributed by atoms with Gasteiger partial charge in [0, 0.05) is 17.8 Å². The summed E-state index contributed by atoms with van der Waals surface area (Å²) in [6.45, 7) is 0.987. The second-order valence-electron chi connectivity index (χ2n) is 4.51. The van der Waals surface area contributed by atoms with Crippen LogP contribution in [0.3, 0.4) is 0 Å². The van der Waals surface area contributed by atoms with E-state index in [1.54, 1.807) is 24.3 Å². The number of benzene rings is 1. The molecular formula is C14H11ClFN3O2. The van der Waals surface area contributed by atoms with Crippen LogP contribution < -0.4 is 4.90 Å². The van der Waals surface area contributed by atoms with Gasteiger partial charge in [-0.05, 0) is 30.2 Å². The number of halogens is 2. The normalized spacial score (nSPS) is 15.0. The molecular weight excluding hydrogens is 297 g/mol. The molecule has 1 aromatic heterocycles. The topological polar surface area (TPSA) is 55.3 Å². The largest absolute Gasteiger partial charge is 0.449 e. The monoisotopic (exact) mass is 307 g/mol. The van der Waals surface area contributed by atoms with Crippen molar-refractivity contribution in [1.82, 2.24) is 9.97 Å². The molecule has 1 fully saturated rings. The van der Waals surface area contributed by atoms with Crippen molar-refractivity contribution in [3.05, 3.63) is 41.6 Å². The molecule has 0 aliphatic carbocycles. The minimum Gasteiger partial charge on any atom is -0.449 e. The van der Waals surface area contributed by atoms with Gasteiger partial charge in [-0.15, -0.1) is 0 Å². The van der Waals surface area contributed by atoms with Crippen LogP contribution >= 0.6 is 11.6 Å². The highest BCUT2D eigenvalue weighted by atomic mass is 35.5. The fraction of sp³-hybridized carbons (Fsp3) is 0.214. The number of nitrogens with zero attached hydrogens (tertiary/aromatic N) is 3. The minimum atomic E-state index is -0.572. The standard InChI is InChI=1S/C14H11ClFN3O2/c15-13-17-8-11(16)12(18-13)9-3-1-4-10(7-9)19-5-2-6-21-14(19)20/h1,3-4,7-8H,2,5-6H2. The van der Waals surface area contributed by atoms with E-state index in [1.807, 2.05) is 0 Å². The molecule has 0 unspecified atom stereocenters. The zero-order valence-corrected chi connectivity index (χ0v) is 11.7. The number of anilines is 1. The zero-order valence-electron chi connectivity index (χ0n) is 10.9. The van der Waals surface area contributed by atoms with E-state index in [-0.39, 0.29) is 11.0 Å². The second-order valence-corrected chi connectivity index (χ2v) is 4.84. The zero-order chi connectivity index (χ0) is 14.8. The lowest BCUT2D eigenvalue weighted by molar-refractivity contribution is 0.140. The van der Waals surface area contributed by atoms with Gasteiger partial charge in [0.25, 0.3) is 0 Å². The Bertz CT molecular complexity index is 696. The molecule has 2 aromatic rings. The molecule has 0 radical (unpaired) electrons. The van der Waals surface area contributed by atoms with Crippen molar-refractivity contribution in [2.45, 2.75) is 6.42 Å². The average molecular weight is 308 g/mol. The Hall–Kier alpha value is -2.21. The van der Waals surface area contributed by atoms with Crippen molar-refractivity contribution in [3.8, 4) is 11.3 Å². The molecule has 21 heavy (non-hydrogen) atoms. The first kappa shape index (κ1) is 13.8. The molecule has 1 aliphatic rings. The van der Waals surface area contributed by atoms with Crippen molar-refractivity contribution in [1.29, 1.82) is 0 Å². The van der Waals surface area contributed by atoms with Gasteiger partial charge in [0.05, 0.1) is 12.8 Å². The van der Waals surface area contributed by atoms with Crippen LogP contribution in [0.4, 0.5) is 14.9 Å². The first-order chi connectivity index (χ1) is 10.1. The molecule has 108 valence electrons. The van der Waals surface area contributed by atoms with Gasteiger partial charge in [0.15, 0.2) is 5.82 Å². The van der Waals surface area contributed by atoms with Crippen LogP contribution in [0, 0.1) is 5.82 Å². The van der Waals surface area contributed by atoms with Crippen LogP contribution in [-0.4, -0.2) is 29.2 Å². The number of carbonyl (C=O) groups excluding carboxylic acids is 1. The number of hydrogen-bond acceptors (Lipinski definition) is 4. The third-order valence-corrected chi connectivity index (χ3v) is 3.30. The van der Waals surface area contributed by atoms with Crippen molar-refractivity contribution < 1.29 is 13.9 Å². The maximum absolute atomic E-state index is 13.8. The van der Waals surface area contributed by atoms with Crippen LogP contribution in [0.2, 0.25) is 5.28 Å². The number of cyclic esters (lactones) is 1. The van der Waals surface area contributed by atoms with Crippen molar-refractivity contribution in [3.63, 3.8) is 0 Å². The summed E-state index contributed by atoms with van der Waals surface area (Å²) in [4.78, 5) is 20.7. The van der Waals surface area contributed by atoms with Crippen LogP contribution in [0.1, 0.15) is 6.42 Å². The Balaban J connectivity index is 2.00. The molecule has 0 N–H and O–H groups in total. The highest BCUT2D eigenvalue weighted by Gasteiger charge is 2.21. The van der Waals surface area contributed by atoms with E-state index in [1.165, 1.54) is 4.90 Å². The molecule has 0 atom stereocenters. The first-order valence-electron chi connectivity index (χ1n) is 6.38. The fourth-order valence-corrected chi connectivity index (χ4v) is 2.29. The molecule has 3 rings (SSSR count). The predicted molar refractivity (Wildman–Crippen MR) is 75.7 cm³/mol. The summed E-state index contributed by atoms with van der Waals surface area (Å²) in [6, 6.07) is 6.85. The highest BCUT2D eigenvalue weighted by molar-refractivity contribution is 6.28. The van der Waals surface area contributed by atoms with Crippen LogP contribution in [0.25, 0.3) is 11.3 Å². The van der Waals surface area contributed by atoms with Crippen molar-refractivity contribution in [2.75, 3.05) is 18.1 Å². The van der Waals surface area contributed by atoms with E-state index in [2.05, 4.69) is 9.97 Å². The lowest BCUT2D eigenvalue weighted by atomic mass is 10.1. The first-order valence-corrected chi connectivity index (χ1v) is 6.76. The molecule has 1 saturated heterocycles. The summed E-state index contributed by atoms with van der Waals surface area (Å²) in [7, 11) is 0. The van der Waals surface area contributed by atoms with E-state index in [4.69, 9.17) is 16.3 Å². The third-order valence-electron chi connectivity index (χ3n) is 3.12. The minimum absolute atomic E-state index is 0.0332.